The Morgan fingerprint density at radius 1 is 0.750 bits per heavy atom. The topological polar surface area (TPSA) is 0 Å². The van der Waals surface area contributed by atoms with Crippen LogP contribution >= 0.6 is 50.2 Å². The van der Waals surface area contributed by atoms with Crippen LogP contribution in [0.15, 0.2) is 51.6 Å². The smallest absolute Gasteiger partial charge is 0.0493 e. The lowest BCUT2D eigenvalue weighted by Gasteiger charge is -2.07. The number of hydrogen-bond donors (Lipinski definition) is 0. The highest BCUT2D eigenvalue weighted by Gasteiger charge is 2.12. The molecular weight excluding hydrogens is 372 g/mol. The average Bonchev–Trinajstić information content (AvgIpc) is 3.09. The minimum atomic E-state index is 0.823. The molecule has 4 rings (SSSR count). The lowest BCUT2D eigenvalue weighted by Crippen LogP contribution is -1.80. The predicted octanol–water partition coefficient (Wildman–Crippen LogP) is 7.20. The first kappa shape index (κ1) is 12.8. The van der Waals surface area contributed by atoms with Gasteiger partial charge in [-0.3, -0.25) is 0 Å². The second kappa shape index (κ2) is 4.85. The lowest BCUT2D eigenvalue weighted by atomic mass is 10.0. The Bertz CT molecular complexity index is 858. The van der Waals surface area contributed by atoms with Gasteiger partial charge in [0, 0.05) is 35.2 Å². The monoisotopic (exact) mass is 378 g/mol. The molecule has 0 aliphatic rings. The zero-order chi connectivity index (χ0) is 13.7. The fourth-order valence-electron chi connectivity index (χ4n) is 2.50. The highest BCUT2D eigenvalue weighted by molar-refractivity contribution is 9.10. The first-order chi connectivity index (χ1) is 9.75. The summed E-state index contributed by atoms with van der Waals surface area (Å²) in [6.07, 6.45) is 0. The molecule has 0 aliphatic heterocycles. The maximum Gasteiger partial charge on any atom is 0.0493 e. The Kier molecular flexibility index (Phi) is 3.11. The van der Waals surface area contributed by atoms with Crippen molar-refractivity contribution in [1.82, 2.24) is 0 Å². The number of benzene rings is 2. The van der Waals surface area contributed by atoms with E-state index >= 15 is 0 Å². The van der Waals surface area contributed by atoms with Crippen LogP contribution in [0.4, 0.5) is 0 Å². The summed E-state index contributed by atoms with van der Waals surface area (Å²) in [5.41, 5.74) is 2.53. The Hall–Kier alpha value is -0.870. The molecule has 98 valence electrons. The van der Waals surface area contributed by atoms with Gasteiger partial charge in [-0.25, -0.2) is 0 Å². The summed E-state index contributed by atoms with van der Waals surface area (Å²) in [5, 5.41) is 7.50. The van der Waals surface area contributed by atoms with Gasteiger partial charge in [0.2, 0.25) is 0 Å². The van der Waals surface area contributed by atoms with Crippen molar-refractivity contribution in [3.8, 4) is 11.1 Å². The van der Waals surface area contributed by atoms with Gasteiger partial charge in [-0.15, -0.1) is 22.7 Å². The van der Waals surface area contributed by atoms with Gasteiger partial charge in [-0.2, -0.15) is 0 Å². The molecule has 4 aromatic rings. The third-order valence-electron chi connectivity index (χ3n) is 3.42. The van der Waals surface area contributed by atoms with Crippen molar-refractivity contribution in [2.75, 3.05) is 0 Å². The molecule has 20 heavy (non-hydrogen) atoms. The molecule has 2 heterocycles. The van der Waals surface area contributed by atoms with Crippen LogP contribution in [0.3, 0.4) is 0 Å². The number of thiophene rings is 2. The van der Waals surface area contributed by atoms with E-state index in [1.54, 1.807) is 22.7 Å². The highest BCUT2D eigenvalue weighted by Crippen LogP contribution is 2.42. The van der Waals surface area contributed by atoms with Crippen LogP contribution in [0.5, 0.6) is 0 Å². The third kappa shape index (κ3) is 1.85. The third-order valence-corrected chi connectivity index (χ3v) is 6.57. The fraction of sp³-hybridized carbons (Fsp3) is 0. The van der Waals surface area contributed by atoms with Crippen LogP contribution in [-0.2, 0) is 0 Å². The molecule has 0 saturated carbocycles. The van der Waals surface area contributed by atoms with Gasteiger partial charge in [0.1, 0.15) is 0 Å². The summed E-state index contributed by atoms with van der Waals surface area (Å²) in [6, 6.07) is 12.7. The molecule has 0 amide bonds. The molecular formula is C16H8BrClS2. The second-order valence-electron chi connectivity index (χ2n) is 4.52. The summed E-state index contributed by atoms with van der Waals surface area (Å²) in [6.45, 7) is 0. The SMILES string of the molecule is Clc1ccc(-c2ccc(Br)c3sccc23)c2sccc12. The maximum absolute atomic E-state index is 6.28. The van der Waals surface area contributed by atoms with E-state index < -0.39 is 0 Å². The Morgan fingerprint density at radius 3 is 2.30 bits per heavy atom. The van der Waals surface area contributed by atoms with E-state index in [-0.39, 0.29) is 0 Å². The van der Waals surface area contributed by atoms with E-state index in [9.17, 15) is 0 Å². The summed E-state index contributed by atoms with van der Waals surface area (Å²) in [5.74, 6) is 0. The summed E-state index contributed by atoms with van der Waals surface area (Å²) >= 11 is 13.4. The zero-order valence-electron chi connectivity index (χ0n) is 10.2. The van der Waals surface area contributed by atoms with Gasteiger partial charge < -0.3 is 0 Å². The van der Waals surface area contributed by atoms with Crippen molar-refractivity contribution >= 4 is 70.4 Å². The summed E-state index contributed by atoms with van der Waals surface area (Å²) in [4.78, 5) is 0. The molecule has 0 spiro atoms. The largest absolute Gasteiger partial charge is 0.143 e. The van der Waals surface area contributed by atoms with Gasteiger partial charge in [0.05, 0.1) is 0 Å². The average molecular weight is 380 g/mol. The van der Waals surface area contributed by atoms with Crippen LogP contribution in [0.25, 0.3) is 31.3 Å². The van der Waals surface area contributed by atoms with E-state index in [1.165, 1.54) is 25.9 Å². The molecule has 0 unspecified atom stereocenters. The minimum Gasteiger partial charge on any atom is -0.143 e. The van der Waals surface area contributed by atoms with E-state index in [1.807, 2.05) is 6.07 Å². The van der Waals surface area contributed by atoms with Gasteiger partial charge in [-0.1, -0.05) is 23.7 Å². The highest BCUT2D eigenvalue weighted by atomic mass is 79.9. The molecule has 0 aliphatic carbocycles. The van der Waals surface area contributed by atoms with E-state index in [0.29, 0.717) is 0 Å². The van der Waals surface area contributed by atoms with Crippen molar-refractivity contribution < 1.29 is 0 Å². The lowest BCUT2D eigenvalue weighted by molar-refractivity contribution is 1.73. The van der Waals surface area contributed by atoms with Crippen LogP contribution in [0.2, 0.25) is 5.02 Å². The van der Waals surface area contributed by atoms with Gasteiger partial charge >= 0.3 is 0 Å². The van der Waals surface area contributed by atoms with Crippen molar-refractivity contribution in [3.63, 3.8) is 0 Å². The molecule has 0 bridgehead atoms. The fourth-order valence-corrected chi connectivity index (χ4v) is 5.18. The molecule has 0 fully saturated rings. The molecule has 0 nitrogen and oxygen atoms in total. The second-order valence-corrected chi connectivity index (χ2v) is 7.61. The molecule has 0 N–H and O–H groups in total. The first-order valence-corrected chi connectivity index (χ1v) is 9.00. The Labute approximate surface area is 137 Å². The number of fused-ring (bicyclic) bond motifs is 2. The summed E-state index contributed by atoms with van der Waals surface area (Å²) < 4.78 is 3.71. The molecule has 2 aromatic carbocycles. The van der Waals surface area contributed by atoms with Crippen molar-refractivity contribution in [1.29, 1.82) is 0 Å². The first-order valence-electron chi connectivity index (χ1n) is 6.07. The normalized spacial score (nSPS) is 11.5. The van der Waals surface area contributed by atoms with Crippen LogP contribution in [-0.4, -0.2) is 0 Å². The quantitative estimate of drug-likeness (QED) is 0.328. The van der Waals surface area contributed by atoms with Crippen molar-refractivity contribution in [2.45, 2.75) is 0 Å². The maximum atomic E-state index is 6.28. The van der Waals surface area contributed by atoms with E-state index in [0.717, 1.165) is 14.9 Å². The Balaban J connectivity index is 2.12. The number of halogens is 2. The molecule has 0 radical (unpaired) electrons. The van der Waals surface area contributed by atoms with Crippen LogP contribution in [0, 0.1) is 0 Å². The summed E-state index contributed by atoms with van der Waals surface area (Å²) in [7, 11) is 0. The van der Waals surface area contributed by atoms with E-state index in [2.05, 4.69) is 57.0 Å². The standard InChI is InChI=1S/C16H8BrClS2/c17-13-3-1-9(11-5-7-20-16(11)13)10-2-4-14(18)12-6-8-19-15(10)12/h1-8H. The predicted molar refractivity (Wildman–Crippen MR) is 95.4 cm³/mol. The van der Waals surface area contributed by atoms with E-state index in [4.69, 9.17) is 11.6 Å². The van der Waals surface area contributed by atoms with Crippen molar-refractivity contribution in [2.24, 2.45) is 0 Å². The number of rotatable bonds is 1. The van der Waals surface area contributed by atoms with Gasteiger partial charge in [0.15, 0.2) is 0 Å². The molecule has 0 saturated heterocycles. The van der Waals surface area contributed by atoms with Gasteiger partial charge in [-0.05, 0) is 56.5 Å². The molecule has 0 atom stereocenters. The molecule has 4 heteroatoms. The van der Waals surface area contributed by atoms with Crippen LogP contribution < -0.4 is 0 Å². The van der Waals surface area contributed by atoms with Gasteiger partial charge in [0.25, 0.3) is 0 Å². The minimum absolute atomic E-state index is 0.823. The Morgan fingerprint density at radius 2 is 1.45 bits per heavy atom. The van der Waals surface area contributed by atoms with Crippen LogP contribution in [0.1, 0.15) is 0 Å². The molecule has 2 aromatic heterocycles. The zero-order valence-corrected chi connectivity index (χ0v) is 14.2. The number of hydrogen-bond acceptors (Lipinski definition) is 2. The van der Waals surface area contributed by atoms with Crippen molar-refractivity contribution in [3.05, 3.63) is 56.7 Å².